The van der Waals surface area contributed by atoms with Crippen LogP contribution < -0.4 is 10.1 Å². The molecule has 0 aliphatic heterocycles. The molecule has 1 aromatic rings. The number of hydrogen-bond donors (Lipinski definition) is 1. The van der Waals surface area contributed by atoms with Crippen LogP contribution in [0.25, 0.3) is 0 Å². The van der Waals surface area contributed by atoms with Crippen LogP contribution in [0, 0.1) is 24.7 Å². The van der Waals surface area contributed by atoms with Gasteiger partial charge in [-0.1, -0.05) is 15.9 Å². The molecule has 0 heterocycles. The fraction of sp³-hybridized carbons (Fsp3) is 0.632. The van der Waals surface area contributed by atoms with Crippen LogP contribution in [-0.4, -0.2) is 18.6 Å². The Bertz CT molecular complexity index is 620. The van der Waals surface area contributed by atoms with Crippen LogP contribution in [0.15, 0.2) is 16.6 Å². The smallest absolute Gasteiger partial charge is 0.255 e. The molecule has 4 aliphatic rings. The molecule has 4 fully saturated rings. The van der Waals surface area contributed by atoms with Gasteiger partial charge < -0.3 is 10.1 Å². The van der Waals surface area contributed by atoms with E-state index in [2.05, 4.69) is 21.2 Å². The predicted octanol–water partition coefficient (Wildman–Crippen LogP) is 4.46. The number of methoxy groups -OCH3 is 1. The largest absolute Gasteiger partial charge is 0.496 e. The van der Waals surface area contributed by atoms with Crippen molar-refractivity contribution in [2.75, 3.05) is 7.11 Å². The number of carbonyl (C=O) groups excluding carboxylic acids is 1. The molecule has 124 valence electrons. The molecule has 3 nitrogen and oxygen atoms in total. The lowest BCUT2D eigenvalue weighted by Gasteiger charge is -2.56. The van der Waals surface area contributed by atoms with E-state index in [0.717, 1.165) is 27.8 Å². The summed E-state index contributed by atoms with van der Waals surface area (Å²) in [6, 6.07) is 3.86. The molecule has 4 heteroatoms. The van der Waals surface area contributed by atoms with Crippen molar-refractivity contribution in [3.63, 3.8) is 0 Å². The fourth-order valence-corrected chi connectivity index (χ4v) is 6.31. The Morgan fingerprint density at radius 3 is 2.26 bits per heavy atom. The SMILES string of the molecule is COc1c(C)cc(Br)cc1C(=O)NC12CC3CC(CC(C3)C1)C2. The third kappa shape index (κ3) is 2.69. The molecular formula is C19H24BrNO2. The van der Waals surface area contributed by atoms with Crippen molar-refractivity contribution in [1.29, 1.82) is 0 Å². The van der Waals surface area contributed by atoms with Crippen molar-refractivity contribution in [2.45, 2.75) is 51.0 Å². The molecule has 0 unspecified atom stereocenters. The second-order valence-electron chi connectivity index (χ2n) is 7.96. The highest BCUT2D eigenvalue weighted by Crippen LogP contribution is 2.55. The van der Waals surface area contributed by atoms with Crippen molar-refractivity contribution >= 4 is 21.8 Å². The summed E-state index contributed by atoms with van der Waals surface area (Å²) in [6.45, 7) is 1.98. The first-order valence-electron chi connectivity index (χ1n) is 8.65. The number of aryl methyl sites for hydroxylation is 1. The highest BCUT2D eigenvalue weighted by Gasteiger charge is 2.51. The summed E-state index contributed by atoms with van der Waals surface area (Å²) in [7, 11) is 1.64. The first kappa shape index (κ1) is 15.5. The van der Waals surface area contributed by atoms with Gasteiger partial charge in [-0.3, -0.25) is 4.79 Å². The van der Waals surface area contributed by atoms with Gasteiger partial charge in [0.25, 0.3) is 5.91 Å². The summed E-state index contributed by atoms with van der Waals surface area (Å²) in [6.07, 6.45) is 7.65. The van der Waals surface area contributed by atoms with Gasteiger partial charge in [0.05, 0.1) is 12.7 Å². The summed E-state index contributed by atoms with van der Waals surface area (Å²) in [5.41, 5.74) is 1.67. The van der Waals surface area contributed by atoms with Crippen LogP contribution in [0.1, 0.15) is 54.4 Å². The lowest BCUT2D eigenvalue weighted by Crippen LogP contribution is -2.59. The normalized spacial score (nSPS) is 34.5. The Hall–Kier alpha value is -1.03. The number of amides is 1. The Kier molecular flexibility index (Phi) is 3.71. The molecule has 1 N–H and O–H groups in total. The Morgan fingerprint density at radius 1 is 1.17 bits per heavy atom. The number of rotatable bonds is 3. The quantitative estimate of drug-likeness (QED) is 0.843. The van der Waals surface area contributed by atoms with Gasteiger partial charge in [0, 0.05) is 10.0 Å². The van der Waals surface area contributed by atoms with E-state index in [0.29, 0.717) is 11.3 Å². The molecule has 1 aromatic carbocycles. The van der Waals surface area contributed by atoms with Gasteiger partial charge in [0.1, 0.15) is 5.75 Å². The maximum Gasteiger partial charge on any atom is 0.255 e. The summed E-state index contributed by atoms with van der Waals surface area (Å²) in [4.78, 5) is 13.0. The third-order valence-corrected chi connectivity index (χ3v) is 6.56. The molecule has 0 spiro atoms. The van der Waals surface area contributed by atoms with Crippen molar-refractivity contribution in [2.24, 2.45) is 17.8 Å². The van der Waals surface area contributed by atoms with Crippen LogP contribution in [-0.2, 0) is 0 Å². The van der Waals surface area contributed by atoms with E-state index in [-0.39, 0.29) is 11.4 Å². The van der Waals surface area contributed by atoms with Crippen molar-refractivity contribution in [3.05, 3.63) is 27.7 Å². The Morgan fingerprint density at radius 2 is 1.74 bits per heavy atom. The molecule has 4 aliphatic carbocycles. The number of benzene rings is 1. The van der Waals surface area contributed by atoms with Crippen molar-refractivity contribution in [3.8, 4) is 5.75 Å². The number of carbonyl (C=O) groups is 1. The molecule has 0 radical (unpaired) electrons. The highest BCUT2D eigenvalue weighted by atomic mass is 79.9. The van der Waals surface area contributed by atoms with Crippen molar-refractivity contribution < 1.29 is 9.53 Å². The predicted molar refractivity (Wildman–Crippen MR) is 93.8 cm³/mol. The molecule has 4 saturated carbocycles. The second-order valence-corrected chi connectivity index (χ2v) is 8.87. The number of ether oxygens (including phenoxy) is 1. The Balaban J connectivity index is 1.61. The summed E-state index contributed by atoms with van der Waals surface area (Å²) >= 11 is 3.50. The topological polar surface area (TPSA) is 38.3 Å². The average Bonchev–Trinajstić information content (AvgIpc) is 2.44. The minimum Gasteiger partial charge on any atom is -0.496 e. The van der Waals surface area contributed by atoms with Gasteiger partial charge in [-0.15, -0.1) is 0 Å². The van der Waals surface area contributed by atoms with E-state index in [1.807, 2.05) is 19.1 Å². The zero-order valence-electron chi connectivity index (χ0n) is 13.8. The van der Waals surface area contributed by atoms with E-state index in [4.69, 9.17) is 4.74 Å². The standard InChI is InChI=1S/C19H24BrNO2/c1-11-3-15(20)7-16(17(11)23-2)18(22)21-19-8-12-4-13(9-19)6-14(5-12)10-19/h3,7,12-14H,4-6,8-10H2,1-2H3,(H,21,22). The molecule has 0 aromatic heterocycles. The first-order valence-corrected chi connectivity index (χ1v) is 9.44. The van der Waals surface area contributed by atoms with Gasteiger partial charge >= 0.3 is 0 Å². The molecule has 0 saturated heterocycles. The molecular weight excluding hydrogens is 354 g/mol. The minimum absolute atomic E-state index is 0.0215. The highest BCUT2D eigenvalue weighted by molar-refractivity contribution is 9.10. The molecule has 1 amide bonds. The Labute approximate surface area is 146 Å². The monoisotopic (exact) mass is 377 g/mol. The lowest BCUT2D eigenvalue weighted by molar-refractivity contribution is -0.0167. The van der Waals surface area contributed by atoms with Crippen LogP contribution in [0.3, 0.4) is 0 Å². The maximum atomic E-state index is 13.0. The van der Waals surface area contributed by atoms with E-state index in [9.17, 15) is 4.79 Å². The first-order chi connectivity index (χ1) is 11.0. The van der Waals surface area contributed by atoms with E-state index >= 15 is 0 Å². The second kappa shape index (κ2) is 5.51. The molecule has 0 atom stereocenters. The number of nitrogens with one attached hydrogen (secondary N) is 1. The average molecular weight is 378 g/mol. The van der Waals surface area contributed by atoms with E-state index < -0.39 is 0 Å². The molecule has 4 bridgehead atoms. The van der Waals surface area contributed by atoms with Crippen molar-refractivity contribution in [1.82, 2.24) is 5.32 Å². The molecule has 5 rings (SSSR count). The summed E-state index contributed by atoms with van der Waals surface area (Å²) in [5, 5.41) is 3.43. The zero-order valence-corrected chi connectivity index (χ0v) is 15.4. The van der Waals surface area contributed by atoms with E-state index in [1.165, 1.54) is 38.5 Å². The summed E-state index contributed by atoms with van der Waals surface area (Å²) in [5.74, 6) is 3.19. The van der Waals surface area contributed by atoms with Gasteiger partial charge in [-0.05, 0) is 80.9 Å². The van der Waals surface area contributed by atoms with Crippen LogP contribution in [0.2, 0.25) is 0 Å². The number of halogens is 1. The fourth-order valence-electron chi connectivity index (χ4n) is 5.74. The summed E-state index contributed by atoms with van der Waals surface area (Å²) < 4.78 is 6.41. The van der Waals surface area contributed by atoms with Gasteiger partial charge in [-0.2, -0.15) is 0 Å². The van der Waals surface area contributed by atoms with Gasteiger partial charge in [0.15, 0.2) is 0 Å². The van der Waals surface area contributed by atoms with Crippen LogP contribution in [0.4, 0.5) is 0 Å². The lowest BCUT2D eigenvalue weighted by atomic mass is 9.53. The third-order valence-electron chi connectivity index (χ3n) is 6.11. The maximum absolute atomic E-state index is 13.0. The van der Waals surface area contributed by atoms with Gasteiger partial charge in [-0.25, -0.2) is 0 Å². The van der Waals surface area contributed by atoms with Gasteiger partial charge in [0.2, 0.25) is 0 Å². The van der Waals surface area contributed by atoms with Crippen LogP contribution >= 0.6 is 15.9 Å². The van der Waals surface area contributed by atoms with E-state index in [1.54, 1.807) is 7.11 Å². The molecule has 23 heavy (non-hydrogen) atoms. The number of hydrogen-bond acceptors (Lipinski definition) is 2. The minimum atomic E-state index is 0.0215. The van der Waals surface area contributed by atoms with Crippen LogP contribution in [0.5, 0.6) is 5.75 Å². The zero-order chi connectivity index (χ0) is 16.2.